The molecule has 0 saturated carbocycles. The van der Waals surface area contributed by atoms with Crippen molar-refractivity contribution in [2.45, 2.75) is 19.9 Å². The first-order chi connectivity index (χ1) is 8.41. The summed E-state index contributed by atoms with van der Waals surface area (Å²) in [6.07, 6.45) is 0. The molecule has 0 fully saturated rings. The van der Waals surface area contributed by atoms with Gasteiger partial charge in [0.2, 0.25) is 0 Å². The summed E-state index contributed by atoms with van der Waals surface area (Å²) >= 11 is 5.90. The highest BCUT2D eigenvalue weighted by Crippen LogP contribution is 2.20. The molecular formula is C13H19ClN2O2. The molecule has 5 heteroatoms. The zero-order valence-corrected chi connectivity index (χ0v) is 11.7. The first kappa shape index (κ1) is 14.8. The Bertz CT molecular complexity index is 421. The van der Waals surface area contributed by atoms with Crippen LogP contribution in [0.15, 0.2) is 18.2 Å². The zero-order valence-electron chi connectivity index (χ0n) is 10.9. The van der Waals surface area contributed by atoms with Gasteiger partial charge in [-0.05, 0) is 39.1 Å². The van der Waals surface area contributed by atoms with Gasteiger partial charge in [-0.1, -0.05) is 11.6 Å². The van der Waals surface area contributed by atoms with Crippen LogP contribution in [0.25, 0.3) is 0 Å². The summed E-state index contributed by atoms with van der Waals surface area (Å²) in [5, 5.41) is 12.4. The van der Waals surface area contributed by atoms with Crippen LogP contribution in [0.3, 0.4) is 0 Å². The van der Waals surface area contributed by atoms with E-state index in [1.807, 2.05) is 7.05 Å². The number of hydrogen-bond acceptors (Lipinski definition) is 3. The normalized spacial score (nSPS) is 11.0. The van der Waals surface area contributed by atoms with Crippen molar-refractivity contribution in [3.63, 3.8) is 0 Å². The maximum absolute atomic E-state index is 11.8. The van der Waals surface area contributed by atoms with Gasteiger partial charge in [-0.25, -0.2) is 0 Å². The predicted molar refractivity (Wildman–Crippen MR) is 73.2 cm³/mol. The Morgan fingerprint density at radius 1 is 1.50 bits per heavy atom. The third-order valence-electron chi connectivity index (χ3n) is 2.83. The van der Waals surface area contributed by atoms with Gasteiger partial charge in [0.05, 0.1) is 10.6 Å². The topological polar surface area (TPSA) is 52.6 Å². The summed E-state index contributed by atoms with van der Waals surface area (Å²) in [7, 11) is 2.00. The van der Waals surface area contributed by atoms with Gasteiger partial charge in [0.1, 0.15) is 5.75 Å². The highest BCUT2D eigenvalue weighted by molar-refractivity contribution is 6.33. The summed E-state index contributed by atoms with van der Waals surface area (Å²) in [6.45, 7) is 5.49. The fraction of sp³-hybridized carbons (Fsp3) is 0.462. The van der Waals surface area contributed by atoms with Crippen LogP contribution in [0.4, 0.5) is 0 Å². The molecule has 1 amide bonds. The maximum Gasteiger partial charge on any atom is 0.252 e. The van der Waals surface area contributed by atoms with E-state index in [1.54, 1.807) is 0 Å². The number of aromatic hydroxyl groups is 1. The van der Waals surface area contributed by atoms with E-state index in [2.05, 4.69) is 24.1 Å². The Morgan fingerprint density at radius 2 is 2.17 bits per heavy atom. The van der Waals surface area contributed by atoms with E-state index >= 15 is 0 Å². The number of phenolic OH excluding ortho intramolecular Hbond substituents is 1. The Kier molecular flexibility index (Phi) is 5.44. The molecule has 0 aliphatic carbocycles. The van der Waals surface area contributed by atoms with Gasteiger partial charge in [0.25, 0.3) is 5.91 Å². The maximum atomic E-state index is 11.8. The number of amides is 1. The fourth-order valence-corrected chi connectivity index (χ4v) is 1.59. The molecule has 1 aromatic carbocycles. The molecule has 1 aromatic rings. The minimum absolute atomic E-state index is 0.0313. The number of carbonyl (C=O) groups excluding carboxylic acids is 1. The fourth-order valence-electron chi connectivity index (χ4n) is 1.39. The van der Waals surface area contributed by atoms with Gasteiger partial charge in [-0.2, -0.15) is 0 Å². The molecule has 0 aromatic heterocycles. The Balaban J connectivity index is 2.53. The van der Waals surface area contributed by atoms with Crippen LogP contribution in [0, 0.1) is 0 Å². The lowest BCUT2D eigenvalue weighted by molar-refractivity contribution is 0.0948. The number of nitrogens with one attached hydrogen (secondary N) is 1. The molecule has 0 atom stereocenters. The minimum atomic E-state index is -0.270. The van der Waals surface area contributed by atoms with Crippen molar-refractivity contribution >= 4 is 17.5 Å². The van der Waals surface area contributed by atoms with Crippen molar-refractivity contribution in [1.82, 2.24) is 10.2 Å². The van der Waals surface area contributed by atoms with Crippen LogP contribution < -0.4 is 5.32 Å². The van der Waals surface area contributed by atoms with Crippen LogP contribution >= 0.6 is 11.6 Å². The molecular weight excluding hydrogens is 252 g/mol. The second-order valence-corrected chi connectivity index (χ2v) is 4.90. The number of halogens is 1. The highest BCUT2D eigenvalue weighted by atomic mass is 35.5. The van der Waals surface area contributed by atoms with Crippen molar-refractivity contribution in [1.29, 1.82) is 0 Å². The zero-order chi connectivity index (χ0) is 13.7. The van der Waals surface area contributed by atoms with Crippen molar-refractivity contribution in [2.75, 3.05) is 20.1 Å². The average Bonchev–Trinajstić information content (AvgIpc) is 2.31. The molecule has 18 heavy (non-hydrogen) atoms. The monoisotopic (exact) mass is 270 g/mol. The quantitative estimate of drug-likeness (QED) is 0.862. The van der Waals surface area contributed by atoms with Crippen LogP contribution in [-0.4, -0.2) is 42.1 Å². The van der Waals surface area contributed by atoms with Gasteiger partial charge in [-0.3, -0.25) is 4.79 Å². The lowest BCUT2D eigenvalue weighted by Crippen LogP contribution is -2.36. The first-order valence-corrected chi connectivity index (χ1v) is 6.26. The molecule has 1 rings (SSSR count). The van der Waals surface area contributed by atoms with E-state index in [4.69, 9.17) is 11.6 Å². The van der Waals surface area contributed by atoms with Crippen LogP contribution in [0.2, 0.25) is 5.02 Å². The lowest BCUT2D eigenvalue weighted by atomic mass is 10.2. The average molecular weight is 271 g/mol. The molecule has 0 unspecified atom stereocenters. The number of phenols is 1. The summed E-state index contributed by atoms with van der Waals surface area (Å²) < 4.78 is 0. The third kappa shape index (κ3) is 4.20. The molecule has 0 heterocycles. The molecule has 0 aliphatic heterocycles. The highest BCUT2D eigenvalue weighted by Gasteiger charge is 2.11. The Labute approximate surface area is 113 Å². The van der Waals surface area contributed by atoms with Crippen molar-refractivity contribution < 1.29 is 9.90 Å². The van der Waals surface area contributed by atoms with E-state index in [1.165, 1.54) is 18.2 Å². The summed E-state index contributed by atoms with van der Waals surface area (Å²) in [5.41, 5.74) is 0.295. The van der Waals surface area contributed by atoms with Gasteiger partial charge in [0.15, 0.2) is 0 Å². The predicted octanol–water partition coefficient (Wildman–Crippen LogP) is 2.12. The van der Waals surface area contributed by atoms with Crippen LogP contribution in [-0.2, 0) is 0 Å². The number of benzene rings is 1. The first-order valence-electron chi connectivity index (χ1n) is 5.88. The number of carbonyl (C=O) groups is 1. The standard InChI is InChI=1S/C13H19ClN2O2/c1-9(2)16(3)7-6-15-13(18)11-8-10(17)4-5-12(11)14/h4-5,8-9,17H,6-7H2,1-3H3,(H,15,18). The van der Waals surface area contributed by atoms with E-state index in [0.717, 1.165) is 6.54 Å². The molecule has 0 saturated heterocycles. The number of nitrogens with zero attached hydrogens (tertiary/aromatic N) is 1. The van der Waals surface area contributed by atoms with Gasteiger partial charge >= 0.3 is 0 Å². The summed E-state index contributed by atoms with van der Waals surface area (Å²) in [5.74, 6) is -0.239. The second kappa shape index (κ2) is 6.61. The third-order valence-corrected chi connectivity index (χ3v) is 3.16. The van der Waals surface area contributed by atoms with Crippen molar-refractivity contribution in [3.05, 3.63) is 28.8 Å². The Morgan fingerprint density at radius 3 is 2.78 bits per heavy atom. The minimum Gasteiger partial charge on any atom is -0.508 e. The largest absolute Gasteiger partial charge is 0.508 e. The lowest BCUT2D eigenvalue weighted by Gasteiger charge is -2.20. The van der Waals surface area contributed by atoms with Gasteiger partial charge in [0, 0.05) is 19.1 Å². The van der Waals surface area contributed by atoms with Crippen molar-refractivity contribution in [2.24, 2.45) is 0 Å². The van der Waals surface area contributed by atoms with E-state index in [-0.39, 0.29) is 11.7 Å². The SMILES string of the molecule is CC(C)N(C)CCNC(=O)c1cc(O)ccc1Cl. The molecule has 100 valence electrons. The molecule has 0 bridgehead atoms. The van der Waals surface area contributed by atoms with Crippen LogP contribution in [0.1, 0.15) is 24.2 Å². The van der Waals surface area contributed by atoms with Crippen LogP contribution in [0.5, 0.6) is 5.75 Å². The molecule has 0 aliphatic rings. The smallest absolute Gasteiger partial charge is 0.252 e. The second-order valence-electron chi connectivity index (χ2n) is 4.49. The number of hydrogen-bond donors (Lipinski definition) is 2. The van der Waals surface area contributed by atoms with E-state index in [9.17, 15) is 9.90 Å². The molecule has 0 radical (unpaired) electrons. The van der Waals surface area contributed by atoms with E-state index in [0.29, 0.717) is 23.2 Å². The Hall–Kier alpha value is -1.26. The van der Waals surface area contributed by atoms with Crippen molar-refractivity contribution in [3.8, 4) is 5.75 Å². The van der Waals surface area contributed by atoms with E-state index < -0.39 is 0 Å². The molecule has 4 nitrogen and oxygen atoms in total. The number of likely N-dealkylation sites (N-methyl/N-ethyl adjacent to an activating group) is 1. The van der Waals surface area contributed by atoms with Gasteiger partial charge in [-0.15, -0.1) is 0 Å². The summed E-state index contributed by atoms with van der Waals surface area (Å²) in [4.78, 5) is 14.0. The summed E-state index contributed by atoms with van der Waals surface area (Å²) in [6, 6.07) is 4.76. The molecule has 0 spiro atoms. The molecule has 2 N–H and O–H groups in total. The van der Waals surface area contributed by atoms with Gasteiger partial charge < -0.3 is 15.3 Å². The number of rotatable bonds is 5.